The standard InChI is InChI=1S/C29H48N2O10/c1-21-19-31(26(36)30(25(21)35)16-10-11-17-32)24-18-22(33)29(40-24,41-28(38-3)14-8-5-9-15-28)23(34)20-39-27(37-2)12-6-4-7-13-27/h19,22-24,32-34H,4-18,20H2,1-3H3/t22-,23?,24+,29+/m0/s1. The van der Waals surface area contributed by atoms with E-state index < -0.39 is 47.0 Å². The van der Waals surface area contributed by atoms with Gasteiger partial charge in [-0.05, 0) is 45.4 Å². The van der Waals surface area contributed by atoms with Crippen LogP contribution in [0, 0.1) is 6.92 Å². The molecule has 1 aromatic rings. The molecule has 12 heteroatoms. The van der Waals surface area contributed by atoms with Crippen LogP contribution in [0.5, 0.6) is 0 Å². The highest BCUT2D eigenvalue weighted by molar-refractivity contribution is 5.05. The Morgan fingerprint density at radius 3 is 2.20 bits per heavy atom. The van der Waals surface area contributed by atoms with Crippen molar-refractivity contribution in [3.05, 3.63) is 32.6 Å². The Balaban J connectivity index is 1.67. The largest absolute Gasteiger partial charge is 0.396 e. The van der Waals surface area contributed by atoms with Crippen LogP contribution in [0.3, 0.4) is 0 Å². The van der Waals surface area contributed by atoms with Gasteiger partial charge in [0.1, 0.15) is 18.4 Å². The number of ether oxygens (including phenoxy) is 5. The van der Waals surface area contributed by atoms with Gasteiger partial charge in [-0.1, -0.05) is 12.8 Å². The lowest BCUT2D eigenvalue weighted by Gasteiger charge is -2.46. The van der Waals surface area contributed by atoms with Gasteiger partial charge in [0.05, 0.1) is 6.61 Å². The van der Waals surface area contributed by atoms with Gasteiger partial charge >= 0.3 is 5.69 Å². The monoisotopic (exact) mass is 584 g/mol. The molecule has 4 rings (SSSR count). The molecule has 2 saturated carbocycles. The zero-order valence-corrected chi connectivity index (χ0v) is 24.7. The van der Waals surface area contributed by atoms with Gasteiger partial charge in [0.15, 0.2) is 11.6 Å². The van der Waals surface area contributed by atoms with E-state index in [1.807, 2.05) is 0 Å². The van der Waals surface area contributed by atoms with Crippen molar-refractivity contribution in [2.24, 2.45) is 0 Å². The molecule has 0 aromatic carbocycles. The highest BCUT2D eigenvalue weighted by Gasteiger charge is 2.59. The molecule has 4 atom stereocenters. The van der Waals surface area contributed by atoms with Crippen molar-refractivity contribution >= 4 is 0 Å². The second-order valence-corrected chi connectivity index (χ2v) is 11.7. The first-order valence-electron chi connectivity index (χ1n) is 15.1. The number of hydrogen-bond donors (Lipinski definition) is 3. The first-order valence-corrected chi connectivity index (χ1v) is 15.1. The molecule has 1 aliphatic heterocycles. The molecule has 0 spiro atoms. The Hall–Kier alpha value is -1.64. The number of methoxy groups -OCH3 is 2. The van der Waals surface area contributed by atoms with E-state index in [1.54, 1.807) is 21.1 Å². The Kier molecular flexibility index (Phi) is 10.8. The Morgan fingerprint density at radius 1 is 1.00 bits per heavy atom. The zero-order valence-electron chi connectivity index (χ0n) is 24.7. The molecule has 1 unspecified atom stereocenters. The molecule has 1 aromatic heterocycles. The molecule has 0 radical (unpaired) electrons. The molecular weight excluding hydrogens is 536 g/mol. The first kappa shape index (κ1) is 32.3. The average molecular weight is 585 g/mol. The molecule has 3 N–H and O–H groups in total. The van der Waals surface area contributed by atoms with Crippen molar-refractivity contribution in [2.75, 3.05) is 27.4 Å². The fourth-order valence-corrected chi connectivity index (χ4v) is 6.44. The number of aromatic nitrogens is 2. The third kappa shape index (κ3) is 6.80. The quantitative estimate of drug-likeness (QED) is 0.232. The zero-order chi connectivity index (χ0) is 29.7. The number of aliphatic hydroxyl groups is 3. The third-order valence-corrected chi connectivity index (χ3v) is 8.97. The molecule has 2 heterocycles. The minimum atomic E-state index is -1.97. The van der Waals surface area contributed by atoms with Gasteiger partial charge in [0.25, 0.3) is 5.56 Å². The van der Waals surface area contributed by atoms with Crippen LogP contribution in [0.15, 0.2) is 15.8 Å². The van der Waals surface area contributed by atoms with Crippen molar-refractivity contribution in [2.45, 2.75) is 133 Å². The summed E-state index contributed by atoms with van der Waals surface area (Å²) >= 11 is 0. The molecule has 1 saturated heterocycles. The van der Waals surface area contributed by atoms with Crippen LogP contribution in [0.1, 0.15) is 95.3 Å². The minimum absolute atomic E-state index is 0.0435. The highest BCUT2D eigenvalue weighted by Crippen LogP contribution is 2.46. The topological polar surface area (TPSA) is 151 Å². The summed E-state index contributed by atoms with van der Waals surface area (Å²) in [7, 11) is 3.13. The van der Waals surface area contributed by atoms with E-state index in [0.29, 0.717) is 44.1 Å². The molecule has 0 bridgehead atoms. The van der Waals surface area contributed by atoms with Gasteiger partial charge in [0.2, 0.25) is 5.79 Å². The van der Waals surface area contributed by atoms with E-state index in [2.05, 4.69) is 0 Å². The summed E-state index contributed by atoms with van der Waals surface area (Å²) in [6.07, 6.45) is 6.58. The van der Waals surface area contributed by atoms with E-state index in [-0.39, 0.29) is 26.2 Å². The predicted molar refractivity (Wildman–Crippen MR) is 148 cm³/mol. The summed E-state index contributed by atoms with van der Waals surface area (Å²) in [5.74, 6) is -3.90. The van der Waals surface area contributed by atoms with Crippen molar-refractivity contribution < 1.29 is 39.0 Å². The molecular formula is C29H48N2O10. The van der Waals surface area contributed by atoms with Gasteiger partial charge < -0.3 is 39.0 Å². The summed E-state index contributed by atoms with van der Waals surface area (Å²) in [6, 6.07) is 0. The van der Waals surface area contributed by atoms with Crippen LogP contribution >= 0.6 is 0 Å². The van der Waals surface area contributed by atoms with E-state index >= 15 is 0 Å². The van der Waals surface area contributed by atoms with E-state index in [1.165, 1.54) is 10.8 Å². The summed E-state index contributed by atoms with van der Waals surface area (Å²) in [5.41, 5.74) is -0.692. The van der Waals surface area contributed by atoms with Crippen molar-refractivity contribution in [3.8, 4) is 0 Å². The molecule has 12 nitrogen and oxygen atoms in total. The van der Waals surface area contributed by atoms with Gasteiger partial charge in [0, 0.05) is 71.2 Å². The Morgan fingerprint density at radius 2 is 1.61 bits per heavy atom. The maximum Gasteiger partial charge on any atom is 0.333 e. The van der Waals surface area contributed by atoms with Crippen LogP contribution in [-0.4, -0.2) is 81.5 Å². The maximum absolute atomic E-state index is 13.5. The summed E-state index contributed by atoms with van der Waals surface area (Å²) < 4.78 is 33.1. The second kappa shape index (κ2) is 13.8. The number of rotatable bonds is 13. The lowest BCUT2D eigenvalue weighted by atomic mass is 9.92. The molecule has 2 aliphatic carbocycles. The van der Waals surface area contributed by atoms with Crippen LogP contribution in [0.25, 0.3) is 0 Å². The number of nitrogens with zero attached hydrogens (tertiary/aromatic N) is 2. The highest BCUT2D eigenvalue weighted by atomic mass is 16.8. The maximum atomic E-state index is 13.5. The van der Waals surface area contributed by atoms with Gasteiger partial charge in [-0.15, -0.1) is 0 Å². The summed E-state index contributed by atoms with van der Waals surface area (Å²) in [6.45, 7) is 1.47. The molecule has 0 amide bonds. The van der Waals surface area contributed by atoms with Crippen molar-refractivity contribution in [3.63, 3.8) is 0 Å². The van der Waals surface area contributed by atoms with Crippen LogP contribution in [0.2, 0.25) is 0 Å². The van der Waals surface area contributed by atoms with Crippen LogP contribution < -0.4 is 11.2 Å². The molecule has 41 heavy (non-hydrogen) atoms. The molecule has 3 aliphatic rings. The molecule has 3 fully saturated rings. The Labute approximate surface area is 241 Å². The fraction of sp³-hybridized carbons (Fsp3) is 0.862. The fourth-order valence-electron chi connectivity index (χ4n) is 6.44. The number of aryl methyl sites for hydroxylation is 1. The first-order chi connectivity index (χ1) is 19.6. The average Bonchev–Trinajstić information content (AvgIpc) is 3.32. The normalized spacial score (nSPS) is 28.5. The SMILES string of the molecule is COC1(OCC(O)[C@@]2(OC3(OC)CCCCC3)O[C@@H](n3cc(C)c(=O)n(CCCCO)c3=O)C[C@@H]2O)CCCCC1. The van der Waals surface area contributed by atoms with E-state index in [0.717, 1.165) is 43.1 Å². The van der Waals surface area contributed by atoms with Gasteiger partial charge in [-0.3, -0.25) is 13.9 Å². The number of unbranched alkanes of at least 4 members (excludes halogenated alkanes) is 1. The van der Waals surface area contributed by atoms with Crippen LogP contribution in [-0.2, 0) is 30.2 Å². The number of aliphatic hydroxyl groups excluding tert-OH is 3. The lowest BCUT2D eigenvalue weighted by Crippen LogP contribution is -2.60. The van der Waals surface area contributed by atoms with Crippen molar-refractivity contribution in [1.82, 2.24) is 9.13 Å². The Bertz CT molecular complexity index is 1110. The van der Waals surface area contributed by atoms with Gasteiger partial charge in [-0.25, -0.2) is 4.79 Å². The molecule has 234 valence electrons. The second-order valence-electron chi connectivity index (χ2n) is 11.7. The lowest BCUT2D eigenvalue weighted by molar-refractivity contribution is -0.404. The van der Waals surface area contributed by atoms with Crippen molar-refractivity contribution in [1.29, 1.82) is 0 Å². The third-order valence-electron chi connectivity index (χ3n) is 8.97. The van der Waals surface area contributed by atoms with Crippen LogP contribution in [0.4, 0.5) is 0 Å². The summed E-state index contributed by atoms with van der Waals surface area (Å²) in [4.78, 5) is 26.2. The van der Waals surface area contributed by atoms with E-state index in [9.17, 15) is 19.8 Å². The predicted octanol–water partition coefficient (Wildman–Crippen LogP) is 2.07. The number of hydrogen-bond acceptors (Lipinski definition) is 10. The minimum Gasteiger partial charge on any atom is -0.396 e. The van der Waals surface area contributed by atoms with E-state index in [4.69, 9.17) is 28.8 Å². The smallest absolute Gasteiger partial charge is 0.333 e. The summed E-state index contributed by atoms with van der Waals surface area (Å²) in [5, 5.41) is 32.4. The van der Waals surface area contributed by atoms with Gasteiger partial charge in [-0.2, -0.15) is 0 Å².